The molecule has 2 saturated heterocycles. The Morgan fingerprint density at radius 3 is 2.12 bits per heavy atom. The Morgan fingerprint density at radius 1 is 1.03 bits per heavy atom. The van der Waals surface area contributed by atoms with Gasteiger partial charge in [0.1, 0.15) is 11.6 Å². The maximum absolute atomic E-state index is 13.9. The molecule has 0 aliphatic carbocycles. The summed E-state index contributed by atoms with van der Waals surface area (Å²) in [5, 5.41) is 13.5. The van der Waals surface area contributed by atoms with Gasteiger partial charge in [-0.15, -0.1) is 0 Å². The van der Waals surface area contributed by atoms with Crippen LogP contribution >= 0.6 is 0 Å². The Kier molecular flexibility index (Phi) is 6.18. The number of nitrogens with zero attached hydrogens (tertiary/aromatic N) is 1. The summed E-state index contributed by atoms with van der Waals surface area (Å²) in [5.41, 5.74) is -3.15. The van der Waals surface area contributed by atoms with Crippen LogP contribution in [0, 0.1) is 17.0 Å². The van der Waals surface area contributed by atoms with Crippen LogP contribution in [0.25, 0.3) is 0 Å². The van der Waals surface area contributed by atoms with E-state index in [2.05, 4.69) is 5.32 Å². The molecule has 2 N–H and O–H groups in total. The number of aliphatic hydroxyl groups is 1. The first-order chi connectivity index (χ1) is 15.7. The number of nitrogens with one attached hydrogen (secondary N) is 1. The third-order valence-electron chi connectivity index (χ3n) is 7.00. The normalized spacial score (nSPS) is 22.2. The first-order valence-electron chi connectivity index (χ1n) is 10.7. The van der Waals surface area contributed by atoms with Crippen molar-refractivity contribution in [2.75, 3.05) is 19.6 Å². The molecule has 4 rings (SSSR count). The summed E-state index contributed by atoms with van der Waals surface area (Å²) in [6.45, 7) is 0.495. The van der Waals surface area contributed by atoms with Gasteiger partial charge in [0.05, 0.1) is 0 Å². The van der Waals surface area contributed by atoms with E-state index in [1.165, 1.54) is 17.0 Å². The number of likely N-dealkylation sites (tertiary alicyclic amines) is 1. The molecular weight excluding hydrogens is 440 g/mol. The van der Waals surface area contributed by atoms with Gasteiger partial charge in [0, 0.05) is 32.0 Å². The Balaban J connectivity index is 1.56. The van der Waals surface area contributed by atoms with Gasteiger partial charge in [-0.3, -0.25) is 9.59 Å². The minimum atomic E-state index is -3.42. The molecule has 176 valence electrons. The highest BCUT2D eigenvalue weighted by atomic mass is 19.3. The highest BCUT2D eigenvalue weighted by molar-refractivity contribution is 5.87. The molecule has 1 spiro atoms. The van der Waals surface area contributed by atoms with E-state index in [1.807, 2.05) is 0 Å². The fraction of sp³-hybridized carbons (Fsp3) is 0.417. The summed E-state index contributed by atoms with van der Waals surface area (Å²) < 4.78 is 54.5. The summed E-state index contributed by atoms with van der Waals surface area (Å²) >= 11 is 0. The zero-order chi connectivity index (χ0) is 23.8. The Bertz CT molecular complexity index is 1020. The quantitative estimate of drug-likeness (QED) is 0.683. The van der Waals surface area contributed by atoms with Gasteiger partial charge in [-0.25, -0.2) is 17.6 Å². The number of benzene rings is 2. The SMILES string of the molecule is O=C1CC2(CCN(C(=O)C(O)(c3ccc(F)cc3)C(F)F)CC2)[C@H](c2ccc(F)cc2)CN1. The summed E-state index contributed by atoms with van der Waals surface area (Å²) in [7, 11) is 0. The summed E-state index contributed by atoms with van der Waals surface area (Å²) in [6, 6.07) is 9.81. The van der Waals surface area contributed by atoms with Crippen molar-refractivity contribution in [3.63, 3.8) is 0 Å². The fourth-order valence-electron chi connectivity index (χ4n) is 5.07. The highest BCUT2D eigenvalue weighted by Crippen LogP contribution is 2.49. The molecule has 9 heteroatoms. The lowest BCUT2D eigenvalue weighted by Gasteiger charge is -2.49. The first-order valence-corrected chi connectivity index (χ1v) is 10.7. The smallest absolute Gasteiger partial charge is 0.280 e. The van der Waals surface area contributed by atoms with Crippen molar-refractivity contribution < 1.29 is 32.3 Å². The van der Waals surface area contributed by atoms with E-state index in [0.29, 0.717) is 19.4 Å². The number of rotatable bonds is 4. The number of hydrogen-bond acceptors (Lipinski definition) is 3. The largest absolute Gasteiger partial charge is 0.371 e. The third-order valence-corrected chi connectivity index (χ3v) is 7.00. The number of carbonyl (C=O) groups excluding carboxylic acids is 2. The van der Waals surface area contributed by atoms with Crippen molar-refractivity contribution in [2.45, 2.75) is 37.2 Å². The van der Waals surface area contributed by atoms with Gasteiger partial charge in [0.15, 0.2) is 0 Å². The van der Waals surface area contributed by atoms with E-state index < -0.39 is 29.2 Å². The standard InChI is InChI=1S/C24H24F4N2O3/c25-17-5-1-15(2-6-17)19-14-29-20(31)13-23(19)9-11-30(12-10-23)22(32)24(33,21(27)28)16-3-7-18(26)8-4-16/h1-8,19,21,33H,9-14H2,(H,29,31)/t19-,24?/m0/s1. The van der Waals surface area contributed by atoms with Crippen LogP contribution in [0.15, 0.2) is 48.5 Å². The minimum Gasteiger partial charge on any atom is -0.371 e. The molecule has 2 aliphatic heterocycles. The molecule has 2 aromatic carbocycles. The summed E-state index contributed by atoms with van der Waals surface area (Å²) in [5.74, 6) is -2.47. The van der Waals surface area contributed by atoms with Crippen LogP contribution in [0.3, 0.4) is 0 Å². The van der Waals surface area contributed by atoms with Crippen LogP contribution < -0.4 is 5.32 Å². The van der Waals surface area contributed by atoms with Crippen molar-refractivity contribution >= 4 is 11.8 Å². The van der Waals surface area contributed by atoms with Crippen molar-refractivity contribution in [1.29, 1.82) is 0 Å². The first kappa shape index (κ1) is 23.2. The maximum atomic E-state index is 13.9. The molecule has 2 heterocycles. The number of hydrogen-bond donors (Lipinski definition) is 2. The topological polar surface area (TPSA) is 69.6 Å². The van der Waals surface area contributed by atoms with E-state index in [-0.39, 0.29) is 42.7 Å². The third kappa shape index (κ3) is 4.21. The molecule has 1 unspecified atom stereocenters. The highest BCUT2D eigenvalue weighted by Gasteiger charge is 2.52. The molecule has 5 nitrogen and oxygen atoms in total. The molecule has 2 fully saturated rings. The maximum Gasteiger partial charge on any atom is 0.280 e. The number of piperidine rings is 2. The summed E-state index contributed by atoms with van der Waals surface area (Å²) in [4.78, 5) is 26.5. The van der Waals surface area contributed by atoms with Gasteiger partial charge >= 0.3 is 0 Å². The molecule has 2 atom stereocenters. The Labute approximate surface area is 188 Å². The van der Waals surface area contributed by atoms with E-state index in [4.69, 9.17) is 0 Å². The van der Waals surface area contributed by atoms with E-state index in [9.17, 15) is 32.3 Å². The van der Waals surface area contributed by atoms with Crippen molar-refractivity contribution in [3.8, 4) is 0 Å². The van der Waals surface area contributed by atoms with Crippen LogP contribution in [0.1, 0.15) is 36.3 Å². The Morgan fingerprint density at radius 2 is 1.58 bits per heavy atom. The van der Waals surface area contributed by atoms with Crippen molar-refractivity contribution in [1.82, 2.24) is 10.2 Å². The lowest BCUT2D eigenvalue weighted by atomic mass is 9.62. The van der Waals surface area contributed by atoms with Crippen LogP contribution in [-0.4, -0.2) is 47.9 Å². The molecule has 0 saturated carbocycles. The van der Waals surface area contributed by atoms with Crippen LogP contribution in [0.5, 0.6) is 0 Å². The van der Waals surface area contributed by atoms with Crippen LogP contribution in [-0.2, 0) is 15.2 Å². The minimum absolute atomic E-state index is 0.0695. The molecule has 0 bridgehead atoms. The second-order valence-corrected chi connectivity index (χ2v) is 8.81. The van der Waals surface area contributed by atoms with E-state index in [0.717, 1.165) is 29.8 Å². The van der Waals surface area contributed by atoms with Crippen molar-refractivity contribution in [3.05, 3.63) is 71.3 Å². The molecule has 2 aromatic rings. The number of alkyl halides is 2. The predicted octanol–water partition coefficient (Wildman–Crippen LogP) is 3.33. The molecule has 2 aliphatic rings. The predicted molar refractivity (Wildman–Crippen MR) is 111 cm³/mol. The lowest BCUT2D eigenvalue weighted by molar-refractivity contribution is -0.174. The van der Waals surface area contributed by atoms with Crippen molar-refractivity contribution in [2.24, 2.45) is 5.41 Å². The zero-order valence-corrected chi connectivity index (χ0v) is 17.7. The number of carbonyl (C=O) groups is 2. The molecule has 0 radical (unpaired) electrons. The van der Waals surface area contributed by atoms with Gasteiger partial charge < -0.3 is 15.3 Å². The Hall–Kier alpha value is -2.94. The van der Waals surface area contributed by atoms with Crippen LogP contribution in [0.4, 0.5) is 17.6 Å². The van der Waals surface area contributed by atoms with Gasteiger partial charge in [-0.05, 0) is 53.6 Å². The molecule has 33 heavy (non-hydrogen) atoms. The van der Waals surface area contributed by atoms with Crippen LogP contribution in [0.2, 0.25) is 0 Å². The van der Waals surface area contributed by atoms with Gasteiger partial charge in [0.2, 0.25) is 11.5 Å². The van der Waals surface area contributed by atoms with Gasteiger partial charge in [-0.1, -0.05) is 24.3 Å². The van der Waals surface area contributed by atoms with E-state index >= 15 is 0 Å². The molecule has 0 aromatic heterocycles. The molecule has 2 amide bonds. The average molecular weight is 464 g/mol. The second kappa shape index (κ2) is 8.78. The lowest BCUT2D eigenvalue weighted by Crippen LogP contribution is -2.57. The number of amides is 2. The summed E-state index contributed by atoms with van der Waals surface area (Å²) in [6.07, 6.45) is -2.50. The number of halogens is 4. The van der Waals surface area contributed by atoms with Gasteiger partial charge in [0.25, 0.3) is 12.3 Å². The van der Waals surface area contributed by atoms with E-state index in [1.54, 1.807) is 12.1 Å². The zero-order valence-electron chi connectivity index (χ0n) is 17.7. The fourth-order valence-corrected chi connectivity index (χ4v) is 5.07. The molecular formula is C24H24F4N2O3. The second-order valence-electron chi connectivity index (χ2n) is 8.81. The monoisotopic (exact) mass is 464 g/mol. The average Bonchev–Trinajstić information content (AvgIpc) is 2.80. The van der Waals surface area contributed by atoms with Gasteiger partial charge in [-0.2, -0.15) is 0 Å².